The molecule has 69 heavy (non-hydrogen) atoms. The number of benzene rings is 2. The van der Waals surface area contributed by atoms with Crippen molar-refractivity contribution in [1.29, 1.82) is 0 Å². The van der Waals surface area contributed by atoms with Gasteiger partial charge in [0, 0.05) is 68.3 Å². The molecule has 2 atom stereocenters. The lowest BCUT2D eigenvalue weighted by molar-refractivity contribution is -0.442. The summed E-state index contributed by atoms with van der Waals surface area (Å²) in [5.74, 6) is -1.48. The summed E-state index contributed by atoms with van der Waals surface area (Å²) in [7, 11) is -10.7. The van der Waals surface area contributed by atoms with Gasteiger partial charge in [0.25, 0.3) is 20.2 Å². The van der Waals surface area contributed by atoms with Crippen molar-refractivity contribution in [2.45, 2.75) is 79.4 Å². The molecule has 2 aromatic carbocycles. The zero-order chi connectivity index (χ0) is 50.7. The maximum absolute atomic E-state index is 12.4. The van der Waals surface area contributed by atoms with E-state index in [0.717, 1.165) is 5.70 Å². The molecule has 4 rings (SSSR count). The largest absolute Gasteiger partial charge is 0.744 e. The average molecular weight is 1030 g/mol. The summed E-state index contributed by atoms with van der Waals surface area (Å²) in [6, 6.07) is 8.44. The van der Waals surface area contributed by atoms with Gasteiger partial charge in [-0.3, -0.25) is 13.9 Å². The second-order valence-electron chi connectivity index (χ2n) is 16.9. The number of fused-ring (bicyclic) bond motifs is 2. The summed E-state index contributed by atoms with van der Waals surface area (Å²) in [5, 5.41) is 9.21. The number of unbranched alkanes of at least 4 members (excludes halogenated alkanes) is 2. The van der Waals surface area contributed by atoms with Crippen LogP contribution in [0.25, 0.3) is 0 Å². The van der Waals surface area contributed by atoms with Crippen molar-refractivity contribution in [2.24, 2.45) is 0 Å². The van der Waals surface area contributed by atoms with Gasteiger partial charge in [-0.05, 0) is 87.9 Å². The molecule has 20 nitrogen and oxygen atoms in total. The van der Waals surface area contributed by atoms with E-state index in [2.05, 4.69) is 0 Å². The van der Waals surface area contributed by atoms with Crippen LogP contribution in [0.4, 0.5) is 11.4 Å². The van der Waals surface area contributed by atoms with Crippen LogP contribution in [0.3, 0.4) is 0 Å². The van der Waals surface area contributed by atoms with Gasteiger partial charge in [-0.1, -0.05) is 12.5 Å². The summed E-state index contributed by atoms with van der Waals surface area (Å²) in [6.07, 6.45) is 7.59. The zero-order valence-corrected chi connectivity index (χ0v) is 42.3. The Kier molecular flexibility index (Phi) is 22.8. The van der Waals surface area contributed by atoms with Gasteiger partial charge < -0.3 is 47.7 Å². The van der Waals surface area contributed by atoms with E-state index < -0.39 is 57.8 Å². The van der Waals surface area contributed by atoms with Crippen LogP contribution in [0.15, 0.2) is 70.1 Å². The minimum Gasteiger partial charge on any atom is -0.744 e. The number of carboxylic acid groups (broad SMARTS) is 1. The summed E-state index contributed by atoms with van der Waals surface area (Å²) in [6.45, 7) is 8.77. The zero-order valence-electron chi connectivity index (χ0n) is 39.8. The quantitative estimate of drug-likeness (QED) is 0.0487. The molecule has 0 fully saturated rings. The van der Waals surface area contributed by atoms with Crippen molar-refractivity contribution in [3.8, 4) is 0 Å². The molecule has 0 saturated carbocycles. The Morgan fingerprint density at radius 2 is 1.26 bits per heavy atom. The Bertz CT molecular complexity index is 2440. The molecular formula is C46H68N2O18S3. The van der Waals surface area contributed by atoms with Gasteiger partial charge in [-0.15, -0.1) is 0 Å². The second kappa shape index (κ2) is 27.2. The summed E-state index contributed by atoms with van der Waals surface area (Å²) in [4.78, 5) is 12.5. The number of anilines is 1. The molecule has 2 aromatic rings. The number of methoxy groups -OCH3 is 2. The van der Waals surface area contributed by atoms with E-state index in [-0.39, 0.29) is 57.1 Å². The summed E-state index contributed by atoms with van der Waals surface area (Å²) < 4.78 is 146. The first kappa shape index (κ1) is 57.9. The van der Waals surface area contributed by atoms with E-state index in [9.17, 15) is 48.8 Å². The predicted molar refractivity (Wildman–Crippen MR) is 254 cm³/mol. The third-order valence-electron chi connectivity index (χ3n) is 12.1. The predicted octanol–water partition coefficient (Wildman–Crippen LogP) is 4.49. The first-order valence-corrected chi connectivity index (χ1v) is 27.2. The molecule has 0 saturated heterocycles. The average Bonchev–Trinajstić information content (AvgIpc) is 3.65. The Morgan fingerprint density at radius 1 is 0.696 bits per heavy atom. The number of hydrogen-bond donors (Lipinski definition) is 3. The van der Waals surface area contributed by atoms with E-state index >= 15 is 0 Å². The highest BCUT2D eigenvalue weighted by Gasteiger charge is 2.48. The van der Waals surface area contributed by atoms with E-state index in [1.54, 1.807) is 33.3 Å². The van der Waals surface area contributed by atoms with Gasteiger partial charge in [-0.25, -0.2) is 8.42 Å². The molecule has 2 heterocycles. The lowest BCUT2D eigenvalue weighted by Crippen LogP contribution is -2.33. The molecule has 388 valence electrons. The topological polar surface area (TPSA) is 274 Å². The van der Waals surface area contributed by atoms with Crippen molar-refractivity contribution in [3.05, 3.63) is 71.5 Å². The third kappa shape index (κ3) is 17.3. The second-order valence-corrected chi connectivity index (χ2v) is 21.3. The lowest BCUT2D eigenvalue weighted by Gasteiger charge is -2.30. The van der Waals surface area contributed by atoms with Gasteiger partial charge in [-0.2, -0.15) is 21.4 Å². The standard InChI is InChI=1S/C46H68N2O18S3/c1-45(17-9-33-67(51,52)53)38-34-36(68(54,55)56)14-16-41(38)48(20-22-62-25-26-64-29-30-66-32-31-65-28-27-63-24-23-61-4)42(45)10-8-11-43-46(2,18-21-60-3)39-35-37(69(57,58)59)13-15-40(39)47(43)19-7-5-6-12-44(49)50/h8,10-11,13-16,34-35H,5-7,9,12,17-33H2,1-4H3,(H3-,49,50,51,52,53,54,55,56,57,58,59). The van der Waals surface area contributed by atoms with Gasteiger partial charge >= 0.3 is 5.97 Å². The highest BCUT2D eigenvalue weighted by molar-refractivity contribution is 7.86. The van der Waals surface area contributed by atoms with Crippen LogP contribution >= 0.6 is 0 Å². The van der Waals surface area contributed by atoms with Crippen molar-refractivity contribution in [2.75, 3.05) is 117 Å². The molecule has 0 radical (unpaired) electrons. The molecule has 2 aliphatic heterocycles. The number of carbonyl (C=O) groups is 1. The fraction of sp³-hybridized carbons (Fsp3) is 0.609. The fourth-order valence-electron chi connectivity index (χ4n) is 8.53. The van der Waals surface area contributed by atoms with Crippen LogP contribution in [0.5, 0.6) is 0 Å². The first-order valence-electron chi connectivity index (χ1n) is 22.7. The third-order valence-corrected chi connectivity index (χ3v) is 14.5. The van der Waals surface area contributed by atoms with Gasteiger partial charge in [0.2, 0.25) is 5.69 Å². The highest BCUT2D eigenvalue weighted by Crippen LogP contribution is 2.51. The molecule has 0 amide bonds. The molecule has 0 spiro atoms. The van der Waals surface area contributed by atoms with E-state index in [4.69, 9.17) is 33.2 Å². The number of nitrogens with zero attached hydrogens (tertiary/aromatic N) is 2. The van der Waals surface area contributed by atoms with E-state index in [0.29, 0.717) is 113 Å². The normalized spacial score (nSPS) is 19.1. The SMILES string of the molecule is COCCOCCOCCOCCOCCOCC[N+]1=C(/C=C/C=C2/N(CCCCCC(=O)O)c3ccc(S(=O)(=O)O)cc3C2(C)CCOC)C(C)(CCCS(=O)(=O)O)c2cc(S(=O)(=O)[O-])ccc21. The molecule has 0 aliphatic carbocycles. The Labute approximate surface area is 406 Å². The van der Waals surface area contributed by atoms with Gasteiger partial charge in [0.15, 0.2) is 12.3 Å². The Hall–Kier alpha value is -3.69. The lowest BCUT2D eigenvalue weighted by atomic mass is 9.75. The van der Waals surface area contributed by atoms with Crippen molar-refractivity contribution in [3.63, 3.8) is 0 Å². The number of allylic oxidation sites excluding steroid dienone is 4. The van der Waals surface area contributed by atoms with Crippen molar-refractivity contribution < 1.29 is 86.5 Å². The molecule has 3 N–H and O–H groups in total. The minimum absolute atomic E-state index is 0.00720. The first-order chi connectivity index (χ1) is 32.7. The Balaban J connectivity index is 1.64. The maximum atomic E-state index is 12.4. The number of aliphatic carboxylic acids is 1. The van der Waals surface area contributed by atoms with E-state index in [1.165, 1.54) is 30.3 Å². The van der Waals surface area contributed by atoms with Crippen LogP contribution in [0.1, 0.15) is 69.9 Å². The van der Waals surface area contributed by atoms with Crippen LogP contribution in [0.2, 0.25) is 0 Å². The van der Waals surface area contributed by atoms with Crippen LogP contribution in [-0.4, -0.2) is 173 Å². The molecule has 0 bridgehead atoms. The van der Waals surface area contributed by atoms with Gasteiger partial charge in [0.1, 0.15) is 16.7 Å². The number of carboxylic acids is 1. The van der Waals surface area contributed by atoms with Crippen LogP contribution in [-0.2, 0) is 79.1 Å². The number of rotatable bonds is 35. The fourth-order valence-corrected chi connectivity index (χ4v) is 10.0. The number of ether oxygens (including phenoxy) is 7. The maximum Gasteiger partial charge on any atom is 0.303 e. The minimum atomic E-state index is -4.91. The highest BCUT2D eigenvalue weighted by atomic mass is 32.2. The molecule has 0 aromatic heterocycles. The molecular weight excluding hydrogens is 965 g/mol. The van der Waals surface area contributed by atoms with Crippen LogP contribution in [0, 0.1) is 0 Å². The monoisotopic (exact) mass is 1030 g/mol. The summed E-state index contributed by atoms with van der Waals surface area (Å²) >= 11 is 0. The van der Waals surface area contributed by atoms with E-state index in [1.807, 2.05) is 28.6 Å². The van der Waals surface area contributed by atoms with Crippen molar-refractivity contribution >= 4 is 53.4 Å². The Morgan fingerprint density at radius 3 is 1.81 bits per heavy atom. The summed E-state index contributed by atoms with van der Waals surface area (Å²) in [5.41, 5.74) is 1.70. The molecule has 23 heteroatoms. The van der Waals surface area contributed by atoms with Crippen LogP contribution < -0.4 is 4.90 Å². The number of hydrogen-bond acceptors (Lipinski definition) is 16. The smallest absolute Gasteiger partial charge is 0.303 e. The van der Waals surface area contributed by atoms with Crippen molar-refractivity contribution in [1.82, 2.24) is 0 Å². The molecule has 2 aliphatic rings. The molecule has 2 unspecified atom stereocenters. The van der Waals surface area contributed by atoms with Gasteiger partial charge in [0.05, 0.1) is 87.0 Å².